The molecule has 0 saturated heterocycles. The molecular weight excluding hydrogens is 245 g/mol. The molecule has 100 valence electrons. The third kappa shape index (κ3) is 3.22. The van der Waals surface area contributed by atoms with Crippen LogP contribution in [0, 0.1) is 0 Å². The van der Waals surface area contributed by atoms with E-state index >= 15 is 0 Å². The fraction of sp³-hybridized carbons (Fsp3) is 0.385. The Bertz CT molecular complexity index is 462. The Morgan fingerprint density at radius 1 is 1.22 bits per heavy atom. The Labute approximate surface area is 111 Å². The van der Waals surface area contributed by atoms with Crippen LogP contribution in [0.1, 0.15) is 13.8 Å². The minimum atomic E-state index is -2.85. The molecule has 0 atom stereocenters. The minimum Gasteiger partial charge on any atom is -0.312 e. The van der Waals surface area contributed by atoms with E-state index in [4.69, 9.17) is 1.37 Å². The topological polar surface area (TPSA) is 35.6 Å². The third-order valence-electron chi connectivity index (χ3n) is 2.64. The summed E-state index contributed by atoms with van der Waals surface area (Å²) in [4.78, 5) is 0. The first kappa shape index (κ1) is 13.3. The van der Waals surface area contributed by atoms with Crippen LogP contribution >= 0.6 is 7.59 Å². The van der Waals surface area contributed by atoms with Gasteiger partial charge in [0.25, 0.3) is 0 Å². The second-order valence-corrected chi connectivity index (χ2v) is 7.25. The van der Waals surface area contributed by atoms with E-state index in [0.29, 0.717) is 0 Å². The summed E-state index contributed by atoms with van der Waals surface area (Å²) in [5.41, 5.74) is 1.65. The highest BCUT2D eigenvalue weighted by atomic mass is 31.2. The first-order valence-electron chi connectivity index (χ1n) is 6.41. The number of rotatable bonds is 5. The molecule has 0 radical (unpaired) electrons. The van der Waals surface area contributed by atoms with Crippen molar-refractivity contribution in [3.63, 3.8) is 0 Å². The van der Waals surface area contributed by atoms with Crippen molar-refractivity contribution in [1.29, 1.82) is 0 Å². The van der Waals surface area contributed by atoms with E-state index in [1.54, 1.807) is 43.6 Å². The summed E-state index contributed by atoms with van der Waals surface area (Å²) >= 11 is 0. The number of allylic oxidation sites excluding steroid dienone is 1. The zero-order valence-electron chi connectivity index (χ0n) is 12.4. The highest BCUT2D eigenvalue weighted by molar-refractivity contribution is 7.57. The maximum Gasteiger partial charge on any atom is 0.307 e. The molecule has 1 aromatic rings. The molecule has 0 aromatic heterocycles. The summed E-state index contributed by atoms with van der Waals surface area (Å²) < 4.78 is 23.6. The van der Waals surface area contributed by atoms with Crippen LogP contribution in [0.2, 0.25) is 0 Å². The van der Waals surface area contributed by atoms with Crippen molar-refractivity contribution in [2.75, 3.05) is 28.2 Å². The van der Waals surface area contributed by atoms with Gasteiger partial charge >= 0.3 is 7.59 Å². The fourth-order valence-corrected chi connectivity index (χ4v) is 3.21. The summed E-state index contributed by atoms with van der Waals surface area (Å²) in [6, 6.07) is 9.64. The van der Waals surface area contributed by atoms with Gasteiger partial charge in [-0.05, 0) is 40.7 Å². The van der Waals surface area contributed by atoms with Crippen LogP contribution in [0.4, 0.5) is 0 Å². The van der Waals surface area contributed by atoms with Crippen molar-refractivity contribution in [3.8, 4) is 0 Å². The standard InChI is InChI=1S/C13H22N3OP/c1-6-13(12-10-8-7-9-11-12)14-18(17,15(2)3)16(4)5/h6-11H,1-5H3,(H,14,17)/b13-6-/i1D. The van der Waals surface area contributed by atoms with Gasteiger partial charge in [-0.25, -0.2) is 9.34 Å². The SMILES string of the molecule is [2H]C/C=C(\NP(=O)(N(C)C)N(C)C)c1ccccc1. The summed E-state index contributed by atoms with van der Waals surface area (Å²) in [7, 11) is 4.25. The van der Waals surface area contributed by atoms with E-state index in [2.05, 4.69) is 5.09 Å². The highest BCUT2D eigenvalue weighted by Gasteiger charge is 2.28. The van der Waals surface area contributed by atoms with E-state index in [9.17, 15) is 4.57 Å². The maximum atomic E-state index is 12.9. The lowest BCUT2D eigenvalue weighted by molar-refractivity contribution is 0.441. The van der Waals surface area contributed by atoms with Gasteiger partial charge < -0.3 is 5.09 Å². The summed E-state index contributed by atoms with van der Waals surface area (Å²) in [5, 5.41) is 3.10. The molecule has 0 aliphatic rings. The van der Waals surface area contributed by atoms with Crippen LogP contribution < -0.4 is 5.09 Å². The average molecular weight is 268 g/mol. The van der Waals surface area contributed by atoms with Gasteiger partial charge in [-0.1, -0.05) is 36.4 Å². The van der Waals surface area contributed by atoms with E-state index in [1.165, 1.54) is 0 Å². The Morgan fingerprint density at radius 2 is 1.78 bits per heavy atom. The monoisotopic (exact) mass is 268 g/mol. The first-order chi connectivity index (χ1) is 8.91. The van der Waals surface area contributed by atoms with Gasteiger partial charge in [0, 0.05) is 7.07 Å². The summed E-state index contributed by atoms with van der Waals surface area (Å²) in [6.45, 7) is 0.137. The van der Waals surface area contributed by atoms with Crippen molar-refractivity contribution >= 4 is 13.3 Å². The lowest BCUT2D eigenvalue weighted by Crippen LogP contribution is -2.30. The number of hydrogen-bond donors (Lipinski definition) is 1. The van der Waals surface area contributed by atoms with Gasteiger partial charge in [-0.15, -0.1) is 0 Å². The molecule has 1 N–H and O–H groups in total. The second-order valence-electron chi connectivity index (χ2n) is 4.33. The zero-order chi connectivity index (χ0) is 14.5. The predicted octanol–water partition coefficient (Wildman–Crippen LogP) is 2.87. The average Bonchev–Trinajstić information content (AvgIpc) is 2.38. The Kier molecular flexibility index (Phi) is 4.59. The Morgan fingerprint density at radius 3 is 2.22 bits per heavy atom. The summed E-state index contributed by atoms with van der Waals surface area (Å²) in [6.07, 6.45) is 1.73. The molecule has 0 aliphatic carbocycles. The zero-order valence-corrected chi connectivity index (χ0v) is 12.3. The lowest BCUT2D eigenvalue weighted by atomic mass is 10.2. The molecule has 1 aromatic carbocycles. The van der Waals surface area contributed by atoms with E-state index in [-0.39, 0.29) is 6.90 Å². The molecule has 0 spiro atoms. The van der Waals surface area contributed by atoms with Crippen molar-refractivity contribution in [3.05, 3.63) is 42.0 Å². The first-order valence-corrected chi connectivity index (χ1v) is 7.32. The number of hydrogen-bond acceptors (Lipinski definition) is 1. The van der Waals surface area contributed by atoms with Gasteiger partial charge in [-0.2, -0.15) is 0 Å². The van der Waals surface area contributed by atoms with Crippen LogP contribution in [0.25, 0.3) is 5.70 Å². The number of nitrogens with zero attached hydrogens (tertiary/aromatic N) is 2. The normalized spacial score (nSPS) is 13.9. The number of nitrogens with one attached hydrogen (secondary N) is 1. The smallest absolute Gasteiger partial charge is 0.307 e. The number of benzene rings is 1. The van der Waals surface area contributed by atoms with Gasteiger partial charge in [-0.3, -0.25) is 4.57 Å². The van der Waals surface area contributed by atoms with Crippen molar-refractivity contribution in [2.24, 2.45) is 0 Å². The quantitative estimate of drug-likeness (QED) is 0.833. The third-order valence-corrected chi connectivity index (χ3v) is 5.34. The molecule has 18 heavy (non-hydrogen) atoms. The van der Waals surface area contributed by atoms with Crippen LogP contribution in [-0.4, -0.2) is 37.5 Å². The molecule has 0 heterocycles. The molecule has 0 saturated carbocycles. The van der Waals surface area contributed by atoms with E-state index in [0.717, 1.165) is 11.3 Å². The van der Waals surface area contributed by atoms with Crippen molar-refractivity contribution < 1.29 is 5.94 Å². The van der Waals surface area contributed by atoms with Gasteiger partial charge in [0.1, 0.15) is 0 Å². The molecular formula is C13H22N3OP. The van der Waals surface area contributed by atoms with Gasteiger partial charge in [0.2, 0.25) is 0 Å². The minimum absolute atomic E-state index is 0.137. The van der Waals surface area contributed by atoms with Crippen molar-refractivity contribution in [1.82, 2.24) is 14.4 Å². The maximum absolute atomic E-state index is 12.9. The van der Waals surface area contributed by atoms with Crippen molar-refractivity contribution in [2.45, 2.75) is 6.90 Å². The molecule has 0 amide bonds. The van der Waals surface area contributed by atoms with Gasteiger partial charge in [0.05, 0.1) is 0 Å². The van der Waals surface area contributed by atoms with Crippen LogP contribution in [0.3, 0.4) is 0 Å². The molecule has 0 aliphatic heterocycles. The predicted molar refractivity (Wildman–Crippen MR) is 78.2 cm³/mol. The second kappa shape index (κ2) is 6.19. The lowest BCUT2D eigenvalue weighted by Gasteiger charge is -2.32. The summed E-state index contributed by atoms with van der Waals surface area (Å²) in [5.74, 6) is 0. The Balaban J connectivity index is 3.10. The largest absolute Gasteiger partial charge is 0.312 e. The van der Waals surface area contributed by atoms with E-state index < -0.39 is 7.59 Å². The molecule has 1 rings (SSSR count). The molecule has 4 nitrogen and oxygen atoms in total. The van der Waals surface area contributed by atoms with Crippen LogP contribution in [-0.2, 0) is 4.57 Å². The molecule has 0 bridgehead atoms. The van der Waals surface area contributed by atoms with Crippen LogP contribution in [0.15, 0.2) is 36.4 Å². The molecule has 5 heteroatoms. The fourth-order valence-electron chi connectivity index (χ4n) is 1.56. The Hall–Kier alpha value is -1.09. The molecule has 0 unspecified atom stereocenters. The molecule has 0 fully saturated rings. The van der Waals surface area contributed by atoms with E-state index in [1.807, 2.05) is 30.3 Å². The van der Waals surface area contributed by atoms with Gasteiger partial charge in [0.15, 0.2) is 0 Å². The van der Waals surface area contributed by atoms with Crippen LogP contribution in [0.5, 0.6) is 0 Å². The highest BCUT2D eigenvalue weighted by Crippen LogP contribution is 2.46.